The maximum absolute atomic E-state index is 9.61. The van der Waals surface area contributed by atoms with Gasteiger partial charge in [0.1, 0.15) is 11.5 Å². The van der Waals surface area contributed by atoms with Crippen molar-refractivity contribution in [3.63, 3.8) is 0 Å². The van der Waals surface area contributed by atoms with Gasteiger partial charge < -0.3 is 10.2 Å². The Morgan fingerprint density at radius 1 is 0.833 bits per heavy atom. The van der Waals surface area contributed by atoms with E-state index < -0.39 is 0 Å². The number of benzene rings is 2. The molecule has 0 saturated heterocycles. The van der Waals surface area contributed by atoms with E-state index in [1.165, 1.54) is 0 Å². The molecule has 0 aromatic heterocycles. The number of hydrogen-bond acceptors (Lipinski definition) is 2. The highest BCUT2D eigenvalue weighted by molar-refractivity contribution is 5.71. The van der Waals surface area contributed by atoms with Crippen molar-refractivity contribution < 1.29 is 10.2 Å². The Kier molecular flexibility index (Phi) is 3.38. The van der Waals surface area contributed by atoms with Crippen molar-refractivity contribution in [3.05, 3.63) is 58.7 Å². The molecule has 0 aliphatic carbocycles. The van der Waals surface area contributed by atoms with Crippen LogP contribution in [0.25, 0.3) is 12.2 Å². The molecule has 2 aromatic rings. The van der Waals surface area contributed by atoms with E-state index >= 15 is 0 Å². The van der Waals surface area contributed by atoms with Gasteiger partial charge in [0.15, 0.2) is 0 Å². The van der Waals surface area contributed by atoms with Crippen molar-refractivity contribution in [1.29, 1.82) is 0 Å². The standard InChI is InChI=1S/C16H16O2/c1-11-7-14(9-15(17)8-11)6-5-13-4-3-12(2)16(18)10-13/h3-10,17-18H,1-2H3/b6-5+. The smallest absolute Gasteiger partial charge is 0.119 e. The number of aryl methyl sites for hydroxylation is 2. The van der Waals surface area contributed by atoms with Gasteiger partial charge in [-0.2, -0.15) is 0 Å². The quantitative estimate of drug-likeness (QED) is 0.782. The van der Waals surface area contributed by atoms with Crippen LogP contribution in [0.3, 0.4) is 0 Å². The minimum atomic E-state index is 0.265. The maximum atomic E-state index is 9.61. The van der Waals surface area contributed by atoms with Crippen molar-refractivity contribution in [2.24, 2.45) is 0 Å². The van der Waals surface area contributed by atoms with E-state index in [4.69, 9.17) is 0 Å². The van der Waals surface area contributed by atoms with Crippen LogP contribution >= 0.6 is 0 Å². The number of phenols is 2. The Balaban J connectivity index is 2.27. The molecule has 0 unspecified atom stereocenters. The van der Waals surface area contributed by atoms with E-state index in [-0.39, 0.29) is 5.75 Å². The minimum Gasteiger partial charge on any atom is -0.508 e. The Bertz CT molecular complexity index is 578. The molecule has 0 bridgehead atoms. The Morgan fingerprint density at radius 3 is 2.22 bits per heavy atom. The molecule has 0 saturated carbocycles. The predicted molar refractivity (Wildman–Crippen MR) is 74.6 cm³/mol. The maximum Gasteiger partial charge on any atom is 0.119 e. The molecule has 18 heavy (non-hydrogen) atoms. The fourth-order valence-electron chi connectivity index (χ4n) is 1.81. The van der Waals surface area contributed by atoms with Crippen LogP contribution in [0.15, 0.2) is 36.4 Å². The zero-order valence-electron chi connectivity index (χ0n) is 10.5. The highest BCUT2D eigenvalue weighted by Gasteiger charge is 1.97. The summed E-state index contributed by atoms with van der Waals surface area (Å²) in [4.78, 5) is 0. The molecule has 0 aliphatic heterocycles. The van der Waals surface area contributed by atoms with Crippen molar-refractivity contribution in [1.82, 2.24) is 0 Å². The van der Waals surface area contributed by atoms with Crippen LogP contribution in [-0.4, -0.2) is 10.2 Å². The van der Waals surface area contributed by atoms with Crippen molar-refractivity contribution in [2.75, 3.05) is 0 Å². The molecule has 2 nitrogen and oxygen atoms in total. The summed E-state index contributed by atoms with van der Waals surface area (Å²) in [6.07, 6.45) is 3.82. The van der Waals surface area contributed by atoms with E-state index in [1.54, 1.807) is 18.2 Å². The van der Waals surface area contributed by atoms with Crippen LogP contribution in [0.1, 0.15) is 22.3 Å². The molecule has 0 amide bonds. The van der Waals surface area contributed by atoms with Crippen molar-refractivity contribution in [3.8, 4) is 11.5 Å². The Morgan fingerprint density at radius 2 is 1.56 bits per heavy atom. The summed E-state index contributed by atoms with van der Waals surface area (Å²) in [7, 11) is 0. The molecule has 2 aromatic carbocycles. The molecule has 0 heterocycles. The number of phenolic OH excluding ortho intramolecular Hbond substituents is 2. The second-order valence-corrected chi connectivity index (χ2v) is 4.48. The molecular weight excluding hydrogens is 224 g/mol. The van der Waals surface area contributed by atoms with Gasteiger partial charge in [-0.15, -0.1) is 0 Å². The van der Waals surface area contributed by atoms with E-state index in [2.05, 4.69) is 0 Å². The third-order valence-corrected chi connectivity index (χ3v) is 2.79. The summed E-state index contributed by atoms with van der Waals surface area (Å²) in [5, 5.41) is 19.1. The molecule has 2 rings (SSSR count). The molecule has 92 valence electrons. The van der Waals surface area contributed by atoms with E-state index in [0.717, 1.165) is 22.3 Å². The fourth-order valence-corrected chi connectivity index (χ4v) is 1.81. The van der Waals surface area contributed by atoms with Crippen molar-refractivity contribution >= 4 is 12.2 Å². The molecule has 0 radical (unpaired) electrons. The zero-order valence-corrected chi connectivity index (χ0v) is 10.5. The van der Waals surface area contributed by atoms with Gasteiger partial charge in [0.25, 0.3) is 0 Å². The number of rotatable bonds is 2. The summed E-state index contributed by atoms with van der Waals surface area (Å²) in [6, 6.07) is 11.0. The molecular formula is C16H16O2. The first-order valence-electron chi connectivity index (χ1n) is 5.83. The van der Waals surface area contributed by atoms with E-state index in [0.29, 0.717) is 5.75 Å². The lowest BCUT2D eigenvalue weighted by molar-refractivity contribution is 0.471. The first-order chi connectivity index (χ1) is 8.54. The van der Waals surface area contributed by atoms with Crippen molar-refractivity contribution in [2.45, 2.75) is 13.8 Å². The van der Waals surface area contributed by atoms with Gasteiger partial charge >= 0.3 is 0 Å². The molecule has 0 atom stereocenters. The van der Waals surface area contributed by atoms with Gasteiger partial charge in [-0.3, -0.25) is 0 Å². The predicted octanol–water partition coefficient (Wildman–Crippen LogP) is 3.89. The van der Waals surface area contributed by atoms with E-state index in [9.17, 15) is 10.2 Å². The normalized spacial score (nSPS) is 11.0. The van der Waals surface area contributed by atoms with Crippen LogP contribution in [0.5, 0.6) is 11.5 Å². The van der Waals surface area contributed by atoms with Crippen LogP contribution in [-0.2, 0) is 0 Å². The van der Waals surface area contributed by atoms with E-state index in [1.807, 2.05) is 44.2 Å². The second-order valence-electron chi connectivity index (χ2n) is 4.48. The van der Waals surface area contributed by atoms with Gasteiger partial charge in [-0.05, 0) is 54.3 Å². The van der Waals surface area contributed by atoms with Crippen LogP contribution in [0.2, 0.25) is 0 Å². The average molecular weight is 240 g/mol. The highest BCUT2D eigenvalue weighted by Crippen LogP contribution is 2.20. The molecule has 0 spiro atoms. The molecule has 2 heteroatoms. The summed E-state index contributed by atoms with van der Waals surface area (Å²) in [5.41, 5.74) is 3.74. The van der Waals surface area contributed by atoms with Gasteiger partial charge in [0, 0.05) is 0 Å². The number of hydrogen-bond donors (Lipinski definition) is 2. The Labute approximate surface area is 107 Å². The topological polar surface area (TPSA) is 40.5 Å². The van der Waals surface area contributed by atoms with Gasteiger partial charge in [-0.1, -0.05) is 30.4 Å². The fraction of sp³-hybridized carbons (Fsp3) is 0.125. The van der Waals surface area contributed by atoms with Crippen LogP contribution in [0.4, 0.5) is 0 Å². The summed E-state index contributed by atoms with van der Waals surface area (Å²) < 4.78 is 0. The zero-order chi connectivity index (χ0) is 13.1. The first-order valence-corrected chi connectivity index (χ1v) is 5.83. The Hall–Kier alpha value is -2.22. The minimum absolute atomic E-state index is 0.265. The third kappa shape index (κ3) is 2.92. The first kappa shape index (κ1) is 12.2. The lowest BCUT2D eigenvalue weighted by Gasteiger charge is -2.01. The summed E-state index contributed by atoms with van der Waals surface area (Å²) in [5.74, 6) is 0.561. The largest absolute Gasteiger partial charge is 0.508 e. The van der Waals surface area contributed by atoms with Crippen LogP contribution < -0.4 is 0 Å². The highest BCUT2D eigenvalue weighted by atomic mass is 16.3. The monoisotopic (exact) mass is 240 g/mol. The van der Waals surface area contributed by atoms with Gasteiger partial charge in [0.2, 0.25) is 0 Å². The molecule has 0 aliphatic rings. The second kappa shape index (κ2) is 4.96. The van der Waals surface area contributed by atoms with Gasteiger partial charge in [-0.25, -0.2) is 0 Å². The summed E-state index contributed by atoms with van der Waals surface area (Å²) >= 11 is 0. The third-order valence-electron chi connectivity index (χ3n) is 2.79. The molecule has 2 N–H and O–H groups in total. The lowest BCUT2D eigenvalue weighted by Crippen LogP contribution is -1.78. The van der Waals surface area contributed by atoms with Gasteiger partial charge in [0.05, 0.1) is 0 Å². The molecule has 0 fully saturated rings. The average Bonchev–Trinajstić information content (AvgIpc) is 2.29. The lowest BCUT2D eigenvalue weighted by atomic mass is 10.1. The SMILES string of the molecule is Cc1cc(O)cc(/C=C/c2ccc(C)c(O)c2)c1. The summed E-state index contributed by atoms with van der Waals surface area (Å²) in [6.45, 7) is 3.80. The number of aromatic hydroxyl groups is 2. The van der Waals surface area contributed by atoms with Crippen LogP contribution in [0, 0.1) is 13.8 Å².